The van der Waals surface area contributed by atoms with Crippen molar-refractivity contribution in [1.82, 2.24) is 9.78 Å². The van der Waals surface area contributed by atoms with Crippen molar-refractivity contribution in [3.8, 4) is 0 Å². The van der Waals surface area contributed by atoms with Crippen LogP contribution < -0.4 is 0 Å². The topological polar surface area (TPSA) is 27.1 Å². The van der Waals surface area contributed by atoms with E-state index in [2.05, 4.69) is 57.5 Å². The largest absolute Gasteiger partial charge is 0.379 e. The van der Waals surface area contributed by atoms with Gasteiger partial charge in [-0.15, -0.1) is 0 Å². The second-order valence-corrected chi connectivity index (χ2v) is 7.37. The van der Waals surface area contributed by atoms with Crippen LogP contribution in [0.5, 0.6) is 0 Å². The minimum atomic E-state index is 0.113. The number of aromatic nitrogens is 2. The van der Waals surface area contributed by atoms with Crippen molar-refractivity contribution in [1.29, 1.82) is 0 Å². The normalized spacial score (nSPS) is 21.6. The summed E-state index contributed by atoms with van der Waals surface area (Å²) in [5, 5.41) is 4.67. The quantitative estimate of drug-likeness (QED) is 0.763. The van der Waals surface area contributed by atoms with Gasteiger partial charge in [0, 0.05) is 17.7 Å². The Balaban J connectivity index is 2.51. The number of hydrogen-bond donors (Lipinski definition) is 0. The van der Waals surface area contributed by atoms with Crippen molar-refractivity contribution >= 4 is 0 Å². The molecule has 1 saturated heterocycles. The molecule has 1 aromatic heterocycles. The van der Waals surface area contributed by atoms with E-state index in [-0.39, 0.29) is 10.8 Å². The van der Waals surface area contributed by atoms with Crippen molar-refractivity contribution in [2.45, 2.75) is 64.8 Å². The lowest BCUT2D eigenvalue weighted by atomic mass is 9.79. The summed E-state index contributed by atoms with van der Waals surface area (Å²) in [4.78, 5) is 0. The number of rotatable bonds is 1. The fraction of sp³-hybridized carbons (Fsp3) is 0.800. The Labute approximate surface area is 111 Å². The zero-order valence-corrected chi connectivity index (χ0v) is 12.6. The highest BCUT2D eigenvalue weighted by Crippen LogP contribution is 2.36. The van der Waals surface area contributed by atoms with E-state index in [1.807, 2.05) is 0 Å². The van der Waals surface area contributed by atoms with Gasteiger partial charge in [0.1, 0.15) is 0 Å². The second kappa shape index (κ2) is 4.37. The van der Waals surface area contributed by atoms with Crippen molar-refractivity contribution in [2.75, 3.05) is 13.2 Å². The lowest BCUT2D eigenvalue weighted by Crippen LogP contribution is -2.26. The smallest absolute Gasteiger partial charge is 0.0778 e. The zero-order chi connectivity index (χ0) is 13.6. The third kappa shape index (κ3) is 2.46. The van der Waals surface area contributed by atoms with Gasteiger partial charge in [-0.3, -0.25) is 4.68 Å². The summed E-state index contributed by atoms with van der Waals surface area (Å²) in [7, 11) is 0. The molecular weight excluding hydrogens is 224 g/mol. The van der Waals surface area contributed by atoms with Crippen LogP contribution in [0.2, 0.25) is 0 Å². The zero-order valence-electron chi connectivity index (χ0n) is 12.6. The van der Waals surface area contributed by atoms with E-state index in [1.165, 1.54) is 11.3 Å². The molecule has 0 amide bonds. The maximum absolute atomic E-state index is 5.51. The number of ether oxygens (including phenoxy) is 1. The molecule has 0 spiro atoms. The van der Waals surface area contributed by atoms with Gasteiger partial charge in [-0.25, -0.2) is 0 Å². The molecule has 2 heterocycles. The molecule has 1 aromatic rings. The Morgan fingerprint density at radius 1 is 1.17 bits per heavy atom. The van der Waals surface area contributed by atoms with Crippen LogP contribution in [0.25, 0.3) is 0 Å². The summed E-state index contributed by atoms with van der Waals surface area (Å²) >= 11 is 0. The molecule has 1 aliphatic heterocycles. The van der Waals surface area contributed by atoms with Gasteiger partial charge in [-0.1, -0.05) is 41.5 Å². The van der Waals surface area contributed by atoms with E-state index in [4.69, 9.17) is 4.74 Å². The minimum Gasteiger partial charge on any atom is -0.379 e. The summed E-state index contributed by atoms with van der Waals surface area (Å²) in [5.74, 6) is 0. The standard InChI is InChI=1S/C15H26N2O/c1-14(2,3)12-9-16-17(11-7-8-18-10-11)13(12)15(4,5)6/h9,11H,7-8,10H2,1-6H3/t11-/m0/s1. The number of nitrogens with zero attached hydrogens (tertiary/aromatic N) is 2. The van der Waals surface area contributed by atoms with E-state index >= 15 is 0 Å². The van der Waals surface area contributed by atoms with Crippen LogP contribution in [-0.4, -0.2) is 23.0 Å². The molecule has 0 aromatic carbocycles. The van der Waals surface area contributed by atoms with Gasteiger partial charge >= 0.3 is 0 Å². The maximum Gasteiger partial charge on any atom is 0.0778 e. The molecule has 3 heteroatoms. The van der Waals surface area contributed by atoms with E-state index in [1.54, 1.807) is 0 Å². The Kier molecular flexibility index (Phi) is 3.30. The van der Waals surface area contributed by atoms with Gasteiger partial charge in [0.25, 0.3) is 0 Å². The second-order valence-electron chi connectivity index (χ2n) is 7.37. The molecular formula is C15H26N2O. The Bertz CT molecular complexity index is 415. The van der Waals surface area contributed by atoms with E-state index < -0.39 is 0 Å². The first-order valence-electron chi connectivity index (χ1n) is 6.87. The van der Waals surface area contributed by atoms with Crippen LogP contribution in [0.15, 0.2) is 6.20 Å². The molecule has 0 unspecified atom stereocenters. The fourth-order valence-corrected chi connectivity index (χ4v) is 2.65. The van der Waals surface area contributed by atoms with Gasteiger partial charge in [-0.2, -0.15) is 5.10 Å². The van der Waals surface area contributed by atoms with Crippen LogP contribution in [0.3, 0.4) is 0 Å². The van der Waals surface area contributed by atoms with Crippen LogP contribution in [0.1, 0.15) is 65.3 Å². The Morgan fingerprint density at radius 3 is 2.28 bits per heavy atom. The molecule has 102 valence electrons. The monoisotopic (exact) mass is 250 g/mol. The predicted octanol–water partition coefficient (Wildman–Crippen LogP) is 3.44. The predicted molar refractivity (Wildman–Crippen MR) is 74.1 cm³/mol. The van der Waals surface area contributed by atoms with Crippen LogP contribution in [-0.2, 0) is 15.6 Å². The molecule has 18 heavy (non-hydrogen) atoms. The highest BCUT2D eigenvalue weighted by Gasteiger charge is 2.32. The highest BCUT2D eigenvalue weighted by atomic mass is 16.5. The minimum absolute atomic E-state index is 0.113. The molecule has 1 fully saturated rings. The average molecular weight is 250 g/mol. The molecule has 1 atom stereocenters. The van der Waals surface area contributed by atoms with Crippen LogP contribution >= 0.6 is 0 Å². The highest BCUT2D eigenvalue weighted by molar-refractivity contribution is 5.31. The van der Waals surface area contributed by atoms with Crippen LogP contribution in [0, 0.1) is 0 Å². The van der Waals surface area contributed by atoms with Gasteiger partial charge in [0.15, 0.2) is 0 Å². The third-order valence-corrected chi connectivity index (χ3v) is 3.57. The summed E-state index contributed by atoms with van der Waals surface area (Å²) in [5.41, 5.74) is 2.98. The van der Waals surface area contributed by atoms with Crippen molar-refractivity contribution < 1.29 is 4.74 Å². The first kappa shape index (κ1) is 13.6. The summed E-state index contributed by atoms with van der Waals surface area (Å²) in [6, 6.07) is 0.412. The fourth-order valence-electron chi connectivity index (χ4n) is 2.65. The molecule has 0 N–H and O–H groups in total. The lowest BCUT2D eigenvalue weighted by molar-refractivity contribution is 0.183. The van der Waals surface area contributed by atoms with Gasteiger partial charge in [0.2, 0.25) is 0 Å². The van der Waals surface area contributed by atoms with E-state index in [0.717, 1.165) is 19.6 Å². The lowest BCUT2D eigenvalue weighted by Gasteiger charge is -2.29. The Hall–Kier alpha value is -0.830. The van der Waals surface area contributed by atoms with Crippen molar-refractivity contribution in [3.05, 3.63) is 17.5 Å². The first-order chi connectivity index (χ1) is 8.21. The van der Waals surface area contributed by atoms with Gasteiger partial charge in [0.05, 0.1) is 18.8 Å². The average Bonchev–Trinajstić information content (AvgIpc) is 2.83. The molecule has 0 bridgehead atoms. The van der Waals surface area contributed by atoms with Crippen molar-refractivity contribution in [3.63, 3.8) is 0 Å². The summed E-state index contributed by atoms with van der Waals surface area (Å²) in [6.07, 6.45) is 3.13. The first-order valence-corrected chi connectivity index (χ1v) is 6.87. The molecule has 0 aliphatic carbocycles. The molecule has 3 nitrogen and oxygen atoms in total. The maximum atomic E-state index is 5.51. The van der Waals surface area contributed by atoms with E-state index in [9.17, 15) is 0 Å². The summed E-state index contributed by atoms with van der Waals surface area (Å²) < 4.78 is 7.73. The van der Waals surface area contributed by atoms with E-state index in [0.29, 0.717) is 6.04 Å². The third-order valence-electron chi connectivity index (χ3n) is 3.57. The summed E-state index contributed by atoms with van der Waals surface area (Å²) in [6.45, 7) is 15.2. The Morgan fingerprint density at radius 2 is 1.83 bits per heavy atom. The molecule has 1 aliphatic rings. The van der Waals surface area contributed by atoms with Crippen molar-refractivity contribution in [2.24, 2.45) is 0 Å². The van der Waals surface area contributed by atoms with Gasteiger partial charge in [-0.05, 0) is 17.4 Å². The molecule has 0 radical (unpaired) electrons. The molecule has 0 saturated carbocycles. The SMILES string of the molecule is CC(C)(C)c1cnn([C@H]2CCOC2)c1C(C)(C)C. The molecule has 2 rings (SSSR count). The van der Waals surface area contributed by atoms with Gasteiger partial charge < -0.3 is 4.74 Å². The number of hydrogen-bond acceptors (Lipinski definition) is 2. The van der Waals surface area contributed by atoms with Crippen LogP contribution in [0.4, 0.5) is 0 Å².